The molecular weight excluding hydrogens is 150 g/mol. The summed E-state index contributed by atoms with van der Waals surface area (Å²) >= 11 is 0. The number of carboxylic acid groups (broad SMARTS) is 1. The quantitative estimate of drug-likeness (QED) is 0.584. The Morgan fingerprint density at radius 1 is 1.91 bits per heavy atom. The lowest BCUT2D eigenvalue weighted by atomic mass is 10.2. The molecule has 3 N–H and O–H groups in total. The maximum atomic E-state index is 10.2. The molecule has 0 saturated carbocycles. The number of aliphatic carboxylic acids is 1. The fraction of sp³-hybridized carbons (Fsp3) is 0.400. The zero-order valence-corrected chi connectivity index (χ0v) is 5.60. The summed E-state index contributed by atoms with van der Waals surface area (Å²) < 4.78 is 4.55. The maximum Gasteiger partial charge on any atom is 0.320 e. The number of hydrogen-bond acceptors (Lipinski definition) is 5. The van der Waals surface area contributed by atoms with E-state index in [1.54, 1.807) is 0 Å². The van der Waals surface area contributed by atoms with Gasteiger partial charge in [0.05, 0.1) is 6.20 Å². The average molecular weight is 157 g/mol. The van der Waals surface area contributed by atoms with Crippen molar-refractivity contribution >= 4 is 5.97 Å². The van der Waals surface area contributed by atoms with E-state index in [2.05, 4.69) is 14.9 Å². The summed E-state index contributed by atoms with van der Waals surface area (Å²) in [6, 6.07) is -0.954. The highest BCUT2D eigenvalue weighted by Crippen LogP contribution is 1.97. The molecule has 0 unspecified atom stereocenters. The normalized spacial score (nSPS) is 12.8. The smallest absolute Gasteiger partial charge is 0.320 e. The number of carboxylic acids is 1. The second-order valence-corrected chi connectivity index (χ2v) is 2.03. The number of nitrogens with zero attached hydrogens (tertiary/aromatic N) is 2. The first-order valence-corrected chi connectivity index (χ1v) is 2.95. The number of aromatic nitrogens is 2. The maximum absolute atomic E-state index is 10.2. The molecule has 6 nitrogen and oxygen atoms in total. The van der Waals surface area contributed by atoms with Crippen LogP contribution < -0.4 is 5.73 Å². The van der Waals surface area contributed by atoms with Crippen LogP contribution >= 0.6 is 0 Å². The van der Waals surface area contributed by atoms with Crippen LogP contribution in [0.4, 0.5) is 0 Å². The van der Waals surface area contributed by atoms with Crippen LogP contribution in [0.2, 0.25) is 0 Å². The molecule has 11 heavy (non-hydrogen) atoms. The minimum absolute atomic E-state index is 0.113. The molecule has 0 spiro atoms. The first-order chi connectivity index (χ1) is 5.20. The van der Waals surface area contributed by atoms with Crippen molar-refractivity contribution in [3.05, 3.63) is 12.0 Å². The summed E-state index contributed by atoms with van der Waals surface area (Å²) in [7, 11) is 0. The van der Waals surface area contributed by atoms with Crippen LogP contribution in [0.25, 0.3) is 0 Å². The molecule has 0 aliphatic heterocycles. The van der Waals surface area contributed by atoms with Crippen LogP contribution in [0.1, 0.15) is 5.76 Å². The van der Waals surface area contributed by atoms with E-state index in [1.807, 2.05) is 0 Å². The van der Waals surface area contributed by atoms with Gasteiger partial charge in [-0.25, -0.2) is 0 Å². The lowest BCUT2D eigenvalue weighted by molar-refractivity contribution is -0.138. The molecule has 1 aromatic rings. The molecule has 0 aliphatic rings. The molecule has 1 atom stereocenters. The van der Waals surface area contributed by atoms with E-state index in [0.29, 0.717) is 5.76 Å². The topological polar surface area (TPSA) is 102 Å². The fourth-order valence-corrected chi connectivity index (χ4v) is 0.582. The van der Waals surface area contributed by atoms with Crippen molar-refractivity contribution in [1.82, 2.24) is 10.4 Å². The third-order valence-corrected chi connectivity index (χ3v) is 1.15. The molecule has 0 radical (unpaired) electrons. The third kappa shape index (κ3) is 2.01. The minimum Gasteiger partial charge on any atom is -0.480 e. The van der Waals surface area contributed by atoms with Gasteiger partial charge in [0.15, 0.2) is 5.76 Å². The van der Waals surface area contributed by atoms with Gasteiger partial charge < -0.3 is 15.4 Å². The molecule has 0 aromatic carbocycles. The summed E-state index contributed by atoms with van der Waals surface area (Å²) in [5.74, 6) is -0.693. The Kier molecular flexibility index (Phi) is 2.17. The minimum atomic E-state index is -1.07. The SMILES string of the molecule is N[C@@H](Cc1cnno1)C(=O)O. The zero-order valence-electron chi connectivity index (χ0n) is 5.60. The fourth-order valence-electron chi connectivity index (χ4n) is 0.582. The molecule has 0 bridgehead atoms. The van der Waals surface area contributed by atoms with Gasteiger partial charge in [-0.1, -0.05) is 0 Å². The summed E-state index contributed by atoms with van der Waals surface area (Å²) in [6.07, 6.45) is 1.45. The molecule has 0 amide bonds. The average Bonchev–Trinajstić information content (AvgIpc) is 2.39. The van der Waals surface area contributed by atoms with Crippen molar-refractivity contribution in [2.75, 3.05) is 0 Å². The van der Waals surface area contributed by atoms with Gasteiger partial charge in [-0.15, -0.1) is 5.10 Å². The van der Waals surface area contributed by atoms with Crippen molar-refractivity contribution in [2.24, 2.45) is 5.73 Å². The molecule has 1 aromatic heterocycles. The molecule has 1 heterocycles. The number of carbonyl (C=O) groups is 1. The molecule has 6 heteroatoms. The summed E-state index contributed by atoms with van der Waals surface area (Å²) in [5.41, 5.74) is 5.19. The Labute approximate surface area is 62.0 Å². The van der Waals surface area contributed by atoms with Crippen LogP contribution in [-0.4, -0.2) is 27.5 Å². The highest BCUT2D eigenvalue weighted by Gasteiger charge is 2.14. The predicted octanol–water partition coefficient (Wildman–Crippen LogP) is -0.976. The first kappa shape index (κ1) is 7.67. The van der Waals surface area contributed by atoms with Gasteiger partial charge in [-0.3, -0.25) is 4.79 Å². The van der Waals surface area contributed by atoms with Gasteiger partial charge >= 0.3 is 5.97 Å². The van der Waals surface area contributed by atoms with E-state index >= 15 is 0 Å². The molecular formula is C5H7N3O3. The molecule has 1 rings (SSSR count). The second kappa shape index (κ2) is 3.11. The van der Waals surface area contributed by atoms with Crippen molar-refractivity contribution in [1.29, 1.82) is 0 Å². The Morgan fingerprint density at radius 2 is 2.64 bits per heavy atom. The number of nitrogens with two attached hydrogens (primary N) is 1. The van der Waals surface area contributed by atoms with Crippen LogP contribution in [0.15, 0.2) is 10.7 Å². The molecule has 60 valence electrons. The van der Waals surface area contributed by atoms with Gasteiger partial charge in [0.2, 0.25) is 0 Å². The monoisotopic (exact) mass is 157 g/mol. The van der Waals surface area contributed by atoms with Gasteiger partial charge in [-0.2, -0.15) is 0 Å². The van der Waals surface area contributed by atoms with Gasteiger partial charge in [0.1, 0.15) is 6.04 Å². The third-order valence-electron chi connectivity index (χ3n) is 1.15. The Hall–Kier alpha value is -1.43. The van der Waals surface area contributed by atoms with Crippen LogP contribution in [0.3, 0.4) is 0 Å². The predicted molar refractivity (Wildman–Crippen MR) is 33.6 cm³/mol. The number of rotatable bonds is 3. The Balaban J connectivity index is 2.50. The van der Waals surface area contributed by atoms with E-state index in [0.717, 1.165) is 0 Å². The second-order valence-electron chi connectivity index (χ2n) is 2.03. The zero-order chi connectivity index (χ0) is 8.27. The molecule has 0 saturated heterocycles. The lowest BCUT2D eigenvalue weighted by Gasteiger charge is -2.00. The Morgan fingerprint density at radius 3 is 3.09 bits per heavy atom. The Bertz CT molecular complexity index is 233. The molecule has 0 fully saturated rings. The highest BCUT2D eigenvalue weighted by atomic mass is 16.5. The van der Waals surface area contributed by atoms with Crippen molar-refractivity contribution in [3.63, 3.8) is 0 Å². The van der Waals surface area contributed by atoms with Gasteiger partial charge in [-0.05, 0) is 0 Å². The summed E-state index contributed by atoms with van der Waals surface area (Å²) in [6.45, 7) is 0. The summed E-state index contributed by atoms with van der Waals surface area (Å²) in [5, 5.41) is 14.9. The van der Waals surface area contributed by atoms with E-state index < -0.39 is 12.0 Å². The highest BCUT2D eigenvalue weighted by molar-refractivity contribution is 5.73. The molecule has 0 aliphatic carbocycles. The largest absolute Gasteiger partial charge is 0.480 e. The standard InChI is InChI=1S/C5H7N3O3/c6-4(5(9)10)1-3-2-7-8-11-3/h2,4H,1,6H2,(H,9,10)/t4-/m0/s1. The van der Waals surface area contributed by atoms with Gasteiger partial charge in [0.25, 0.3) is 0 Å². The van der Waals surface area contributed by atoms with Crippen molar-refractivity contribution in [3.8, 4) is 0 Å². The number of hydrogen-bond donors (Lipinski definition) is 2. The van der Waals surface area contributed by atoms with Crippen LogP contribution in [-0.2, 0) is 11.2 Å². The summed E-state index contributed by atoms with van der Waals surface area (Å²) in [4.78, 5) is 10.2. The van der Waals surface area contributed by atoms with E-state index in [4.69, 9.17) is 10.8 Å². The van der Waals surface area contributed by atoms with E-state index in [1.165, 1.54) is 6.20 Å². The van der Waals surface area contributed by atoms with E-state index in [9.17, 15) is 4.79 Å². The van der Waals surface area contributed by atoms with Crippen molar-refractivity contribution in [2.45, 2.75) is 12.5 Å². The van der Waals surface area contributed by atoms with E-state index in [-0.39, 0.29) is 6.42 Å². The lowest BCUT2D eigenvalue weighted by Crippen LogP contribution is -2.32. The van der Waals surface area contributed by atoms with Crippen LogP contribution in [0.5, 0.6) is 0 Å². The van der Waals surface area contributed by atoms with Crippen LogP contribution in [0, 0.1) is 0 Å². The first-order valence-electron chi connectivity index (χ1n) is 2.95. The van der Waals surface area contributed by atoms with Gasteiger partial charge in [0, 0.05) is 11.7 Å². The van der Waals surface area contributed by atoms with Crippen molar-refractivity contribution < 1.29 is 14.4 Å².